The number of hydrazone groups is 1. The number of hydrogen-bond acceptors (Lipinski definition) is 3. The summed E-state index contributed by atoms with van der Waals surface area (Å²) in [7, 11) is 0. The molecule has 0 radical (unpaired) electrons. The van der Waals surface area contributed by atoms with Crippen LogP contribution in [0.2, 0.25) is 0 Å². The third-order valence-corrected chi connectivity index (χ3v) is 2.47. The first-order valence-electron chi connectivity index (χ1n) is 5.78. The fraction of sp³-hybridized carbons (Fsp3) is 0.143. The highest BCUT2D eigenvalue weighted by Gasteiger charge is 2.08. The number of nitrogens with one attached hydrogen (secondary N) is 1. The lowest BCUT2D eigenvalue weighted by atomic mass is 10.2. The summed E-state index contributed by atoms with van der Waals surface area (Å²) < 4.78 is 18.2. The second-order valence-corrected chi connectivity index (χ2v) is 4.00. The van der Waals surface area contributed by atoms with Gasteiger partial charge in [0, 0.05) is 5.57 Å². The Kier molecular flexibility index (Phi) is 4.07. The van der Waals surface area contributed by atoms with Crippen LogP contribution in [0.5, 0.6) is 0 Å². The lowest BCUT2D eigenvalue weighted by Gasteiger charge is -2.00. The minimum absolute atomic E-state index is 0.366. The zero-order valence-electron chi connectivity index (χ0n) is 10.4. The van der Waals surface area contributed by atoms with Gasteiger partial charge in [-0.1, -0.05) is 12.2 Å². The highest BCUT2D eigenvalue weighted by Crippen LogP contribution is 2.12. The molecule has 1 heterocycles. The van der Waals surface area contributed by atoms with Crippen LogP contribution in [0.15, 0.2) is 57.4 Å². The van der Waals surface area contributed by atoms with E-state index < -0.39 is 0 Å². The Morgan fingerprint density at radius 2 is 2.32 bits per heavy atom. The van der Waals surface area contributed by atoms with Gasteiger partial charge in [0.05, 0.1) is 6.21 Å². The van der Waals surface area contributed by atoms with Gasteiger partial charge in [0.15, 0.2) is 0 Å². The van der Waals surface area contributed by atoms with Gasteiger partial charge in [-0.05, 0) is 37.6 Å². The number of hydrogen-bond donors (Lipinski definition) is 1. The summed E-state index contributed by atoms with van der Waals surface area (Å²) in [5.41, 5.74) is 2.81. The van der Waals surface area contributed by atoms with Gasteiger partial charge in [-0.15, -0.1) is 0 Å². The number of halogens is 1. The summed E-state index contributed by atoms with van der Waals surface area (Å²) >= 11 is 0. The molecule has 4 nitrogen and oxygen atoms in total. The third kappa shape index (κ3) is 3.77. The molecular weight excluding hydrogens is 247 g/mol. The minimum Gasteiger partial charge on any atom is -0.460 e. The molecule has 0 bridgehead atoms. The van der Waals surface area contributed by atoms with E-state index in [4.69, 9.17) is 4.42 Å². The molecule has 5 heteroatoms. The topological polar surface area (TPSA) is 54.6 Å². The Balaban J connectivity index is 1.95. The van der Waals surface area contributed by atoms with E-state index in [-0.39, 0.29) is 11.7 Å². The molecular formula is C14H13FN2O2. The molecule has 1 aliphatic rings. The van der Waals surface area contributed by atoms with Crippen molar-refractivity contribution in [3.63, 3.8) is 0 Å². The van der Waals surface area contributed by atoms with Crippen molar-refractivity contribution in [1.29, 1.82) is 0 Å². The van der Waals surface area contributed by atoms with Crippen molar-refractivity contribution in [3.8, 4) is 0 Å². The van der Waals surface area contributed by atoms with E-state index in [2.05, 4.69) is 10.5 Å². The molecule has 1 N–H and O–H groups in total. The van der Waals surface area contributed by atoms with E-state index in [9.17, 15) is 9.18 Å². The average Bonchev–Trinajstić information content (AvgIpc) is 2.66. The molecule has 1 aliphatic carbocycles. The number of carbonyl (C=O) groups excluding carboxylic acids is 1. The van der Waals surface area contributed by atoms with Crippen molar-refractivity contribution < 1.29 is 13.6 Å². The van der Waals surface area contributed by atoms with Gasteiger partial charge < -0.3 is 4.42 Å². The molecule has 0 unspecified atom stereocenters. The molecule has 0 aliphatic heterocycles. The fourth-order valence-electron chi connectivity index (χ4n) is 1.52. The van der Waals surface area contributed by atoms with Gasteiger partial charge in [-0.25, -0.2) is 9.82 Å². The maximum Gasteiger partial charge on any atom is 0.267 e. The average molecular weight is 260 g/mol. The molecule has 19 heavy (non-hydrogen) atoms. The van der Waals surface area contributed by atoms with Crippen molar-refractivity contribution in [1.82, 2.24) is 5.43 Å². The SMILES string of the molecule is Cc1ccc(/C=N/NC(=O)C2=CC=C(F)C=CC2)o1. The predicted octanol–water partition coefficient (Wildman–Crippen LogP) is 2.78. The summed E-state index contributed by atoms with van der Waals surface area (Å²) in [4.78, 5) is 11.7. The van der Waals surface area contributed by atoms with E-state index >= 15 is 0 Å². The summed E-state index contributed by atoms with van der Waals surface area (Å²) in [6.07, 6.45) is 7.38. The van der Waals surface area contributed by atoms with Gasteiger partial charge >= 0.3 is 0 Å². The van der Waals surface area contributed by atoms with Crippen LogP contribution < -0.4 is 5.43 Å². The molecule has 98 valence electrons. The highest BCUT2D eigenvalue weighted by molar-refractivity contribution is 5.94. The molecule has 0 fully saturated rings. The number of furan rings is 1. The van der Waals surface area contributed by atoms with Gasteiger partial charge in [-0.3, -0.25) is 4.79 Å². The largest absolute Gasteiger partial charge is 0.460 e. The number of rotatable bonds is 3. The monoisotopic (exact) mass is 260 g/mol. The molecule has 1 aromatic heterocycles. The summed E-state index contributed by atoms with van der Waals surface area (Å²) in [5.74, 6) is 0.580. The molecule has 2 rings (SSSR count). The summed E-state index contributed by atoms with van der Waals surface area (Å²) in [5, 5.41) is 3.78. The molecule has 0 aromatic carbocycles. The Labute approximate surface area is 110 Å². The number of allylic oxidation sites excluding steroid dienone is 5. The second kappa shape index (κ2) is 5.95. The first-order valence-corrected chi connectivity index (χ1v) is 5.78. The predicted molar refractivity (Wildman–Crippen MR) is 70.2 cm³/mol. The highest BCUT2D eigenvalue weighted by atomic mass is 19.1. The number of nitrogens with zero attached hydrogens (tertiary/aromatic N) is 1. The summed E-state index contributed by atoms with van der Waals surface area (Å²) in [6.45, 7) is 1.82. The van der Waals surface area contributed by atoms with Crippen LogP contribution in [0.1, 0.15) is 17.9 Å². The van der Waals surface area contributed by atoms with E-state index in [0.29, 0.717) is 17.8 Å². The van der Waals surface area contributed by atoms with Crippen molar-refractivity contribution in [3.05, 3.63) is 59.4 Å². The number of carbonyl (C=O) groups is 1. The van der Waals surface area contributed by atoms with Crippen LogP contribution in [0.25, 0.3) is 0 Å². The molecule has 0 saturated carbocycles. The van der Waals surface area contributed by atoms with Crippen LogP contribution in [-0.4, -0.2) is 12.1 Å². The smallest absolute Gasteiger partial charge is 0.267 e. The van der Waals surface area contributed by atoms with Crippen molar-refractivity contribution >= 4 is 12.1 Å². The van der Waals surface area contributed by atoms with Crippen molar-refractivity contribution in [2.45, 2.75) is 13.3 Å². The van der Waals surface area contributed by atoms with Crippen LogP contribution in [0, 0.1) is 6.92 Å². The van der Waals surface area contributed by atoms with E-state index in [0.717, 1.165) is 5.76 Å². The maximum atomic E-state index is 12.9. The van der Waals surface area contributed by atoms with Crippen LogP contribution in [-0.2, 0) is 4.79 Å². The van der Waals surface area contributed by atoms with Crippen molar-refractivity contribution in [2.24, 2.45) is 5.10 Å². The quantitative estimate of drug-likeness (QED) is 0.671. The number of aryl methyl sites for hydroxylation is 1. The molecule has 0 spiro atoms. The standard InChI is InChI=1S/C14H13FN2O2/c1-10-5-8-13(19-10)9-16-17-14(18)11-3-2-4-12(15)7-6-11/h2,4-9H,3H2,1H3,(H,17,18)/b16-9+. The minimum atomic E-state index is -0.377. The van der Waals surface area contributed by atoms with Crippen LogP contribution in [0.3, 0.4) is 0 Å². The fourth-order valence-corrected chi connectivity index (χ4v) is 1.52. The first-order chi connectivity index (χ1) is 9.15. The number of amides is 1. The summed E-state index contributed by atoms with van der Waals surface area (Å²) in [6, 6.07) is 3.55. The Morgan fingerprint density at radius 1 is 1.47 bits per heavy atom. The van der Waals surface area contributed by atoms with Gasteiger partial charge in [0.1, 0.15) is 17.3 Å². The van der Waals surface area contributed by atoms with E-state index in [1.165, 1.54) is 24.4 Å². The lowest BCUT2D eigenvalue weighted by Crippen LogP contribution is -2.19. The molecule has 1 aromatic rings. The first kappa shape index (κ1) is 13.0. The second-order valence-electron chi connectivity index (χ2n) is 4.00. The molecule has 1 amide bonds. The lowest BCUT2D eigenvalue weighted by molar-refractivity contribution is -0.117. The molecule has 0 atom stereocenters. The van der Waals surface area contributed by atoms with E-state index in [1.54, 1.807) is 18.2 Å². The van der Waals surface area contributed by atoms with Crippen molar-refractivity contribution in [2.75, 3.05) is 0 Å². The Bertz CT molecular complexity index is 594. The Morgan fingerprint density at radius 3 is 3.05 bits per heavy atom. The van der Waals surface area contributed by atoms with Crippen LogP contribution in [0.4, 0.5) is 4.39 Å². The van der Waals surface area contributed by atoms with Gasteiger partial charge in [0.2, 0.25) is 0 Å². The maximum absolute atomic E-state index is 12.9. The van der Waals surface area contributed by atoms with Gasteiger partial charge in [-0.2, -0.15) is 5.10 Å². The normalized spacial score (nSPS) is 15.1. The zero-order valence-corrected chi connectivity index (χ0v) is 10.4. The zero-order chi connectivity index (χ0) is 13.7. The van der Waals surface area contributed by atoms with Gasteiger partial charge in [0.25, 0.3) is 5.91 Å². The van der Waals surface area contributed by atoms with E-state index in [1.807, 2.05) is 6.92 Å². The molecule has 0 saturated heterocycles. The van der Waals surface area contributed by atoms with Crippen LogP contribution >= 0.6 is 0 Å². The third-order valence-electron chi connectivity index (χ3n) is 2.47. The Hall–Kier alpha value is -2.43.